The average molecular weight is 390 g/mol. The lowest BCUT2D eigenvalue weighted by atomic mass is 10.4. The van der Waals surface area contributed by atoms with Gasteiger partial charge in [0.2, 0.25) is 0 Å². The van der Waals surface area contributed by atoms with Crippen LogP contribution in [0.15, 0.2) is 45.1 Å². The van der Waals surface area contributed by atoms with Crippen LogP contribution in [0, 0.1) is 0 Å². The Kier molecular flexibility index (Phi) is 5.45. The summed E-state index contributed by atoms with van der Waals surface area (Å²) in [4.78, 5) is 0.344. The van der Waals surface area contributed by atoms with Gasteiger partial charge in [-0.05, 0) is 38.1 Å². The van der Waals surface area contributed by atoms with Crippen molar-refractivity contribution in [2.24, 2.45) is 0 Å². The van der Waals surface area contributed by atoms with Crippen LogP contribution < -0.4 is 0 Å². The predicted molar refractivity (Wildman–Crippen MR) is 87.3 cm³/mol. The van der Waals surface area contributed by atoms with Crippen molar-refractivity contribution in [2.45, 2.75) is 29.9 Å². The summed E-state index contributed by atoms with van der Waals surface area (Å²) in [5, 5.41) is 8.63. The van der Waals surface area contributed by atoms with E-state index in [0.717, 1.165) is 9.63 Å². The average Bonchev–Trinajstić information content (AvgIpc) is 2.87. The number of halogens is 1. The zero-order valence-electron chi connectivity index (χ0n) is 11.7. The highest BCUT2D eigenvalue weighted by atomic mass is 79.9. The van der Waals surface area contributed by atoms with Crippen LogP contribution in [0.25, 0.3) is 0 Å². The van der Waals surface area contributed by atoms with Gasteiger partial charge in [0.1, 0.15) is 6.33 Å². The summed E-state index contributed by atoms with van der Waals surface area (Å²) in [6, 6.07) is 6.94. The van der Waals surface area contributed by atoms with Gasteiger partial charge in [-0.25, -0.2) is 8.42 Å². The maximum Gasteiger partial charge on any atom is 0.191 e. The highest BCUT2D eigenvalue weighted by molar-refractivity contribution is 9.10. The van der Waals surface area contributed by atoms with E-state index in [0.29, 0.717) is 10.6 Å². The molecule has 21 heavy (non-hydrogen) atoms. The van der Waals surface area contributed by atoms with Crippen LogP contribution in [0.1, 0.15) is 19.9 Å². The van der Waals surface area contributed by atoms with E-state index in [4.69, 9.17) is 0 Å². The molecule has 1 aromatic heterocycles. The lowest BCUT2D eigenvalue weighted by Gasteiger charge is -2.09. The van der Waals surface area contributed by atoms with Crippen molar-refractivity contribution in [3.05, 3.63) is 35.1 Å². The van der Waals surface area contributed by atoms with Crippen LogP contribution in [0.4, 0.5) is 0 Å². The van der Waals surface area contributed by atoms with E-state index in [1.807, 2.05) is 18.4 Å². The summed E-state index contributed by atoms with van der Waals surface area (Å²) in [6.07, 6.45) is 1.66. The Labute approximate surface area is 137 Å². The van der Waals surface area contributed by atoms with E-state index in [1.54, 1.807) is 30.6 Å². The first-order valence-electron chi connectivity index (χ1n) is 6.41. The second-order valence-corrected chi connectivity index (χ2v) is 8.82. The third-order valence-electron chi connectivity index (χ3n) is 2.85. The van der Waals surface area contributed by atoms with Gasteiger partial charge in [-0.15, -0.1) is 10.2 Å². The summed E-state index contributed by atoms with van der Waals surface area (Å²) >= 11 is 4.70. The van der Waals surface area contributed by atoms with Gasteiger partial charge in [0.25, 0.3) is 0 Å². The summed E-state index contributed by atoms with van der Waals surface area (Å²) in [5.74, 6) is 0.522. The first kappa shape index (κ1) is 16.5. The van der Waals surface area contributed by atoms with E-state index in [-0.39, 0.29) is 11.8 Å². The van der Waals surface area contributed by atoms with Crippen molar-refractivity contribution in [3.63, 3.8) is 0 Å². The number of sulfone groups is 1. The van der Waals surface area contributed by atoms with Crippen LogP contribution in [0.2, 0.25) is 0 Å². The zero-order valence-corrected chi connectivity index (χ0v) is 14.9. The van der Waals surface area contributed by atoms with Gasteiger partial charge >= 0.3 is 0 Å². The van der Waals surface area contributed by atoms with Gasteiger partial charge in [-0.1, -0.05) is 27.7 Å². The minimum atomic E-state index is -3.26. The molecule has 0 atom stereocenters. The van der Waals surface area contributed by atoms with Crippen molar-refractivity contribution in [1.82, 2.24) is 14.8 Å². The summed E-state index contributed by atoms with van der Waals surface area (Å²) in [5.41, 5.74) is 0. The number of rotatable bonds is 6. The Hall–Kier alpha value is -0.860. The first-order valence-corrected chi connectivity index (χ1v) is 9.84. The molecule has 1 heterocycles. The molecule has 2 aromatic rings. The molecule has 0 N–H and O–H groups in total. The molecule has 0 aliphatic heterocycles. The Balaban J connectivity index is 1.99. The van der Waals surface area contributed by atoms with Crippen LogP contribution in [0.3, 0.4) is 0 Å². The fourth-order valence-corrected chi connectivity index (χ4v) is 4.65. The minimum Gasteiger partial charge on any atom is -0.306 e. The second kappa shape index (κ2) is 6.93. The number of aromatic nitrogens is 3. The molecule has 0 saturated carbocycles. The van der Waals surface area contributed by atoms with Gasteiger partial charge in [-0.2, -0.15) is 0 Å². The van der Waals surface area contributed by atoms with Crippen LogP contribution in [-0.2, 0) is 9.84 Å². The Morgan fingerprint density at radius 2 is 1.95 bits per heavy atom. The molecule has 0 spiro atoms. The minimum absolute atomic E-state index is 0.0737. The molecule has 0 unspecified atom stereocenters. The molecule has 0 aliphatic rings. The predicted octanol–water partition coefficient (Wildman–Crippen LogP) is 3.19. The third-order valence-corrected chi connectivity index (χ3v) is 6.33. The van der Waals surface area contributed by atoms with E-state index >= 15 is 0 Å². The van der Waals surface area contributed by atoms with Crippen molar-refractivity contribution in [2.75, 3.05) is 11.5 Å². The number of nitrogens with zero attached hydrogens (tertiary/aromatic N) is 3. The standard InChI is InChI=1S/C13H16BrN3O2S2/c1-10(2)17-9-15-16-13(17)20-7-8-21(18,19)12-5-3-11(14)4-6-12/h3-6,9-10H,7-8H2,1-2H3. The number of thioether (sulfide) groups is 1. The van der Waals surface area contributed by atoms with Gasteiger partial charge < -0.3 is 4.57 Å². The number of hydrogen-bond donors (Lipinski definition) is 0. The SMILES string of the molecule is CC(C)n1cnnc1SCCS(=O)(=O)c1ccc(Br)cc1. The molecule has 0 radical (unpaired) electrons. The second-order valence-electron chi connectivity index (χ2n) is 4.74. The number of hydrogen-bond acceptors (Lipinski definition) is 5. The van der Waals surface area contributed by atoms with Gasteiger partial charge in [0, 0.05) is 16.3 Å². The molecule has 0 bridgehead atoms. The quantitative estimate of drug-likeness (QED) is 0.709. The van der Waals surface area contributed by atoms with E-state index in [1.165, 1.54) is 11.8 Å². The number of benzene rings is 1. The Bertz CT molecular complexity index is 696. The molecular formula is C13H16BrN3O2S2. The van der Waals surface area contributed by atoms with Gasteiger partial charge in [-0.3, -0.25) is 0 Å². The highest BCUT2D eigenvalue weighted by Crippen LogP contribution is 2.21. The normalized spacial score (nSPS) is 12.0. The van der Waals surface area contributed by atoms with Crippen LogP contribution in [0.5, 0.6) is 0 Å². The van der Waals surface area contributed by atoms with Crippen molar-refractivity contribution >= 4 is 37.5 Å². The van der Waals surface area contributed by atoms with Gasteiger partial charge in [0.15, 0.2) is 15.0 Å². The highest BCUT2D eigenvalue weighted by Gasteiger charge is 2.15. The van der Waals surface area contributed by atoms with E-state index in [9.17, 15) is 8.42 Å². The first-order chi connectivity index (χ1) is 9.90. The summed E-state index contributed by atoms with van der Waals surface area (Å²) in [7, 11) is -3.26. The molecular weight excluding hydrogens is 374 g/mol. The van der Waals surface area contributed by atoms with E-state index in [2.05, 4.69) is 26.1 Å². The molecule has 2 rings (SSSR count). The van der Waals surface area contributed by atoms with Gasteiger partial charge in [0.05, 0.1) is 10.6 Å². The topological polar surface area (TPSA) is 64.8 Å². The maximum absolute atomic E-state index is 12.2. The molecule has 0 aliphatic carbocycles. The zero-order chi connectivity index (χ0) is 15.5. The molecule has 0 saturated heterocycles. The Morgan fingerprint density at radius 1 is 1.29 bits per heavy atom. The third kappa shape index (κ3) is 4.31. The van der Waals surface area contributed by atoms with Crippen molar-refractivity contribution in [1.29, 1.82) is 0 Å². The molecule has 8 heteroatoms. The fraction of sp³-hybridized carbons (Fsp3) is 0.385. The summed E-state index contributed by atoms with van der Waals surface area (Å²) < 4.78 is 27.2. The molecule has 0 fully saturated rings. The fourth-order valence-electron chi connectivity index (χ4n) is 1.69. The lowest BCUT2D eigenvalue weighted by Crippen LogP contribution is -2.09. The smallest absolute Gasteiger partial charge is 0.191 e. The maximum atomic E-state index is 12.2. The van der Waals surface area contributed by atoms with Crippen LogP contribution >= 0.6 is 27.7 Å². The largest absolute Gasteiger partial charge is 0.306 e. The molecule has 1 aromatic carbocycles. The monoisotopic (exact) mass is 389 g/mol. The van der Waals surface area contributed by atoms with E-state index < -0.39 is 9.84 Å². The molecule has 114 valence electrons. The van der Waals surface area contributed by atoms with Crippen molar-refractivity contribution in [3.8, 4) is 0 Å². The Morgan fingerprint density at radius 3 is 2.57 bits per heavy atom. The molecule has 5 nitrogen and oxygen atoms in total. The lowest BCUT2D eigenvalue weighted by molar-refractivity contribution is 0.549. The van der Waals surface area contributed by atoms with Crippen LogP contribution in [-0.4, -0.2) is 34.7 Å². The summed E-state index contributed by atoms with van der Waals surface area (Å²) in [6.45, 7) is 4.07. The molecule has 0 amide bonds. The van der Waals surface area contributed by atoms with Crippen molar-refractivity contribution < 1.29 is 8.42 Å².